The van der Waals surface area contributed by atoms with Gasteiger partial charge in [0.2, 0.25) is 0 Å². The van der Waals surface area contributed by atoms with Gasteiger partial charge in [0.25, 0.3) is 15.9 Å². The maximum Gasteiger partial charge on any atom is 0.257 e. The van der Waals surface area contributed by atoms with Crippen LogP contribution in [0, 0.1) is 0 Å². The average molecular weight is 296 g/mol. The number of likely N-dealkylation sites (tertiary alicyclic amines) is 1. The maximum atomic E-state index is 12.5. The number of amides is 1. The van der Waals surface area contributed by atoms with E-state index in [2.05, 4.69) is 4.40 Å². The number of carbonyl (C=O) groups excluding carboxylic acids is 1. The summed E-state index contributed by atoms with van der Waals surface area (Å²) >= 11 is 0. The summed E-state index contributed by atoms with van der Waals surface area (Å²) in [7, 11) is -3.48. The summed E-state index contributed by atoms with van der Waals surface area (Å²) in [6.07, 6.45) is 5.85. The van der Waals surface area contributed by atoms with Crippen LogP contribution in [0.25, 0.3) is 0 Å². The zero-order chi connectivity index (χ0) is 14.3. The summed E-state index contributed by atoms with van der Waals surface area (Å²) in [6, 6.07) is -0.00758. The lowest BCUT2D eigenvalue weighted by atomic mass is 10.1. The van der Waals surface area contributed by atoms with E-state index in [0.717, 1.165) is 6.42 Å². The Balaban J connectivity index is 1.92. The van der Waals surface area contributed by atoms with Gasteiger partial charge in [-0.05, 0) is 18.6 Å². The van der Waals surface area contributed by atoms with Crippen molar-refractivity contribution < 1.29 is 13.2 Å². The second-order valence-corrected chi connectivity index (χ2v) is 6.87. The molecule has 1 saturated heterocycles. The molecule has 0 spiro atoms. The molecule has 3 heterocycles. The third-order valence-corrected chi connectivity index (χ3v) is 4.75. The minimum atomic E-state index is -3.48. The number of nitrogens with two attached hydrogens (primary N) is 1. The lowest BCUT2D eigenvalue weighted by molar-refractivity contribution is -0.125. The predicted molar refractivity (Wildman–Crippen MR) is 74.3 cm³/mol. The van der Waals surface area contributed by atoms with Gasteiger partial charge in [-0.1, -0.05) is 0 Å². The van der Waals surface area contributed by atoms with Crippen LogP contribution in [0.5, 0.6) is 0 Å². The Kier molecular flexibility index (Phi) is 3.14. The highest BCUT2D eigenvalue weighted by Crippen LogP contribution is 2.21. The van der Waals surface area contributed by atoms with E-state index in [9.17, 15) is 13.2 Å². The molecule has 1 fully saturated rings. The summed E-state index contributed by atoms with van der Waals surface area (Å²) in [6.45, 7) is 1.42. The number of nitrogens with zero attached hydrogens (tertiary/aromatic N) is 3. The number of hydrogen-bond donors (Lipinski definition) is 1. The van der Waals surface area contributed by atoms with E-state index < -0.39 is 10.0 Å². The molecule has 3 aliphatic heterocycles. The van der Waals surface area contributed by atoms with Crippen LogP contribution < -0.4 is 5.73 Å². The van der Waals surface area contributed by atoms with Gasteiger partial charge < -0.3 is 15.5 Å². The first-order valence-electron chi connectivity index (χ1n) is 6.49. The minimum Gasteiger partial charge on any atom is -0.337 e. The third kappa shape index (κ3) is 2.36. The molecule has 3 rings (SSSR count). The molecule has 2 N–H and O–H groups in total. The lowest BCUT2D eigenvalue weighted by Gasteiger charge is -2.30. The van der Waals surface area contributed by atoms with Crippen LogP contribution in [0.2, 0.25) is 0 Å². The Morgan fingerprint density at radius 1 is 1.40 bits per heavy atom. The van der Waals surface area contributed by atoms with Crippen LogP contribution in [0.15, 0.2) is 28.3 Å². The predicted octanol–water partition coefficient (Wildman–Crippen LogP) is -0.956. The molecule has 1 amide bonds. The Morgan fingerprint density at radius 2 is 2.20 bits per heavy atom. The zero-order valence-corrected chi connectivity index (χ0v) is 11.7. The van der Waals surface area contributed by atoms with Crippen molar-refractivity contribution in [3.05, 3.63) is 23.9 Å². The maximum absolute atomic E-state index is 12.5. The molecule has 20 heavy (non-hydrogen) atoms. The van der Waals surface area contributed by atoms with E-state index in [0.29, 0.717) is 25.2 Å². The first kappa shape index (κ1) is 13.3. The third-order valence-electron chi connectivity index (χ3n) is 3.60. The van der Waals surface area contributed by atoms with Gasteiger partial charge in [0.1, 0.15) is 0 Å². The van der Waals surface area contributed by atoms with E-state index >= 15 is 0 Å². The summed E-state index contributed by atoms with van der Waals surface area (Å²) in [4.78, 5) is 15.8. The van der Waals surface area contributed by atoms with Crippen molar-refractivity contribution in [1.82, 2.24) is 9.80 Å². The van der Waals surface area contributed by atoms with Crippen molar-refractivity contribution in [3.63, 3.8) is 0 Å². The molecule has 0 unspecified atom stereocenters. The Hall–Kier alpha value is -1.67. The van der Waals surface area contributed by atoms with E-state index in [1.54, 1.807) is 28.2 Å². The fourth-order valence-corrected chi connectivity index (χ4v) is 3.51. The van der Waals surface area contributed by atoms with Gasteiger partial charge in [-0.15, -0.1) is 4.40 Å². The van der Waals surface area contributed by atoms with Crippen molar-refractivity contribution in [3.8, 4) is 0 Å². The van der Waals surface area contributed by atoms with Crippen LogP contribution >= 0.6 is 0 Å². The zero-order valence-electron chi connectivity index (χ0n) is 10.9. The van der Waals surface area contributed by atoms with Gasteiger partial charge >= 0.3 is 0 Å². The summed E-state index contributed by atoms with van der Waals surface area (Å²) in [5.41, 5.74) is 6.13. The smallest absolute Gasteiger partial charge is 0.257 e. The molecule has 0 aromatic heterocycles. The summed E-state index contributed by atoms with van der Waals surface area (Å²) in [5, 5.41) is 0. The largest absolute Gasteiger partial charge is 0.337 e. The van der Waals surface area contributed by atoms with Gasteiger partial charge in [-0.2, -0.15) is 0 Å². The lowest BCUT2D eigenvalue weighted by Crippen LogP contribution is -2.43. The highest BCUT2D eigenvalue weighted by atomic mass is 32.2. The minimum absolute atomic E-state index is 0.00758. The fourth-order valence-electron chi connectivity index (χ4n) is 2.53. The van der Waals surface area contributed by atoms with E-state index in [-0.39, 0.29) is 23.5 Å². The number of allylic oxidation sites excluding steroid dienone is 2. The van der Waals surface area contributed by atoms with Gasteiger partial charge in [-0.3, -0.25) is 4.79 Å². The fraction of sp³-hybridized carbons (Fsp3) is 0.500. The topological polar surface area (TPSA) is 96.1 Å². The number of carbonyl (C=O) groups is 1. The number of hydrogen-bond acceptors (Lipinski definition) is 5. The SMILES string of the molecule is N[C@@H]1CCN(C(=O)C2=CC=CN3CCS(=O)(=O)N=C23)C1. The second-order valence-electron chi connectivity index (χ2n) is 5.12. The van der Waals surface area contributed by atoms with Crippen LogP contribution in [0.4, 0.5) is 0 Å². The quantitative estimate of drug-likeness (QED) is 0.672. The van der Waals surface area contributed by atoms with E-state index in [1.807, 2.05) is 0 Å². The Labute approximate surface area is 117 Å². The molecular weight excluding hydrogens is 280 g/mol. The van der Waals surface area contributed by atoms with Gasteiger partial charge in [0.15, 0.2) is 5.84 Å². The summed E-state index contributed by atoms with van der Waals surface area (Å²) in [5.74, 6) is -0.0101. The van der Waals surface area contributed by atoms with E-state index in [1.165, 1.54) is 0 Å². The van der Waals surface area contributed by atoms with E-state index in [4.69, 9.17) is 5.73 Å². The number of sulfonamides is 1. The molecule has 108 valence electrons. The molecule has 0 bridgehead atoms. The molecule has 0 saturated carbocycles. The monoisotopic (exact) mass is 296 g/mol. The standard InChI is InChI=1S/C12H16N4O3S/c13-9-3-5-16(8-9)12(17)10-2-1-4-15-6-7-20(18,19)14-11(10)15/h1-2,4,9H,3,5-8,13H2/t9-/m1/s1. The van der Waals surface area contributed by atoms with Crippen molar-refractivity contribution in [2.24, 2.45) is 10.1 Å². The van der Waals surface area contributed by atoms with Gasteiger partial charge in [0.05, 0.1) is 11.3 Å². The summed E-state index contributed by atoms with van der Waals surface area (Å²) < 4.78 is 27.0. The van der Waals surface area contributed by atoms with Crippen molar-refractivity contribution in [2.75, 3.05) is 25.4 Å². The van der Waals surface area contributed by atoms with Crippen molar-refractivity contribution in [1.29, 1.82) is 0 Å². The van der Waals surface area contributed by atoms with Crippen molar-refractivity contribution in [2.45, 2.75) is 12.5 Å². The highest BCUT2D eigenvalue weighted by molar-refractivity contribution is 7.90. The average Bonchev–Trinajstić information content (AvgIpc) is 2.83. The molecule has 3 aliphatic rings. The molecular formula is C12H16N4O3S. The van der Waals surface area contributed by atoms with Crippen molar-refractivity contribution >= 4 is 21.8 Å². The molecule has 0 aromatic rings. The van der Waals surface area contributed by atoms with Crippen LogP contribution in [0.3, 0.4) is 0 Å². The molecule has 0 radical (unpaired) electrons. The normalized spacial score (nSPS) is 27.9. The first-order chi connectivity index (χ1) is 9.46. The number of amidine groups is 1. The van der Waals surface area contributed by atoms with Gasteiger partial charge in [-0.25, -0.2) is 8.42 Å². The Bertz CT molecular complexity index is 635. The number of fused-ring (bicyclic) bond motifs is 1. The highest BCUT2D eigenvalue weighted by Gasteiger charge is 2.33. The number of rotatable bonds is 1. The second kappa shape index (κ2) is 4.71. The van der Waals surface area contributed by atoms with Crippen LogP contribution in [0.1, 0.15) is 6.42 Å². The van der Waals surface area contributed by atoms with Crippen LogP contribution in [-0.2, 0) is 14.8 Å². The van der Waals surface area contributed by atoms with Gasteiger partial charge in [0, 0.05) is 31.9 Å². The molecule has 0 aromatic carbocycles. The Morgan fingerprint density at radius 3 is 2.90 bits per heavy atom. The molecule has 7 nitrogen and oxygen atoms in total. The molecule has 8 heteroatoms. The molecule has 1 atom stereocenters. The molecule has 0 aliphatic carbocycles. The van der Waals surface area contributed by atoms with Crippen LogP contribution in [-0.4, -0.2) is 61.4 Å². The first-order valence-corrected chi connectivity index (χ1v) is 8.10.